The molecule has 7 heteroatoms. The molecule has 1 unspecified atom stereocenters. The quantitative estimate of drug-likeness (QED) is 0.837. The first-order chi connectivity index (χ1) is 12.1. The van der Waals surface area contributed by atoms with Crippen molar-refractivity contribution in [1.29, 1.82) is 0 Å². The van der Waals surface area contributed by atoms with Crippen molar-refractivity contribution in [3.8, 4) is 0 Å². The first kappa shape index (κ1) is 17.0. The monoisotopic (exact) mass is 342 g/mol. The minimum Gasteiger partial charge on any atom is -0.481 e. The van der Waals surface area contributed by atoms with Gasteiger partial charge in [0.1, 0.15) is 0 Å². The van der Waals surface area contributed by atoms with Gasteiger partial charge in [0.15, 0.2) is 0 Å². The molecule has 3 rings (SSSR count). The van der Waals surface area contributed by atoms with Crippen molar-refractivity contribution >= 4 is 12.0 Å². The van der Waals surface area contributed by atoms with Gasteiger partial charge in [-0.15, -0.1) is 0 Å². The number of carboxylic acid groups (broad SMARTS) is 1. The number of urea groups is 1. The second-order valence-corrected chi connectivity index (χ2v) is 6.21. The second-order valence-electron chi connectivity index (χ2n) is 6.21. The molecule has 1 fully saturated rings. The lowest BCUT2D eigenvalue weighted by molar-refractivity contribution is -0.141. The van der Waals surface area contributed by atoms with Gasteiger partial charge in [-0.3, -0.25) is 9.48 Å². The Morgan fingerprint density at radius 1 is 1.24 bits per heavy atom. The lowest BCUT2D eigenvalue weighted by Gasteiger charge is -2.17. The van der Waals surface area contributed by atoms with Gasteiger partial charge < -0.3 is 15.3 Å². The van der Waals surface area contributed by atoms with Crippen LogP contribution in [0.2, 0.25) is 0 Å². The summed E-state index contributed by atoms with van der Waals surface area (Å²) in [5, 5.41) is 16.2. The van der Waals surface area contributed by atoms with Gasteiger partial charge in [-0.2, -0.15) is 5.10 Å². The molecule has 0 spiro atoms. The molecule has 132 valence electrons. The maximum atomic E-state index is 12.2. The van der Waals surface area contributed by atoms with E-state index < -0.39 is 11.9 Å². The molecule has 1 aliphatic heterocycles. The van der Waals surface area contributed by atoms with Crippen LogP contribution in [0.4, 0.5) is 4.79 Å². The van der Waals surface area contributed by atoms with Crippen LogP contribution in [0.25, 0.3) is 0 Å². The fourth-order valence-corrected chi connectivity index (χ4v) is 3.02. The smallest absolute Gasteiger partial charge is 0.317 e. The first-order valence-electron chi connectivity index (χ1n) is 8.43. The predicted octanol–water partition coefficient (Wildman–Crippen LogP) is 1.74. The summed E-state index contributed by atoms with van der Waals surface area (Å²) in [6.07, 6.45) is 3.11. The number of hydrogen-bond donors (Lipinski definition) is 2. The number of nitrogens with zero attached hydrogens (tertiary/aromatic N) is 3. The largest absolute Gasteiger partial charge is 0.481 e. The van der Waals surface area contributed by atoms with E-state index in [1.54, 1.807) is 11.1 Å². The van der Waals surface area contributed by atoms with Crippen molar-refractivity contribution in [3.63, 3.8) is 0 Å². The zero-order valence-corrected chi connectivity index (χ0v) is 14.0. The fourth-order valence-electron chi connectivity index (χ4n) is 3.02. The molecule has 0 radical (unpaired) electrons. The van der Waals surface area contributed by atoms with Gasteiger partial charge >= 0.3 is 12.0 Å². The summed E-state index contributed by atoms with van der Waals surface area (Å²) >= 11 is 0. The molecule has 0 aliphatic carbocycles. The SMILES string of the molecule is O=C(O)C1CCN(C(=O)NCc2ccnn2CCc2ccccc2)C1. The third kappa shape index (κ3) is 4.37. The Morgan fingerprint density at radius 3 is 2.76 bits per heavy atom. The standard InChI is InChI=1S/C18H22N4O3/c23-17(24)15-8-10-21(13-15)18(25)19-12-16-6-9-20-22(16)11-7-14-4-2-1-3-5-14/h1-6,9,15H,7-8,10-13H2,(H,19,25)(H,23,24). The van der Waals surface area contributed by atoms with Gasteiger partial charge in [0, 0.05) is 25.8 Å². The molecule has 0 saturated carbocycles. The predicted molar refractivity (Wildman–Crippen MR) is 91.9 cm³/mol. The number of carboxylic acids is 1. The van der Waals surface area contributed by atoms with Crippen LogP contribution >= 0.6 is 0 Å². The van der Waals surface area contributed by atoms with Crippen LogP contribution in [0.1, 0.15) is 17.7 Å². The number of hydrogen-bond acceptors (Lipinski definition) is 3. The van der Waals surface area contributed by atoms with E-state index in [-0.39, 0.29) is 12.6 Å². The van der Waals surface area contributed by atoms with Crippen LogP contribution < -0.4 is 5.32 Å². The van der Waals surface area contributed by atoms with Gasteiger partial charge in [-0.25, -0.2) is 4.79 Å². The lowest BCUT2D eigenvalue weighted by Crippen LogP contribution is -2.39. The number of aryl methyl sites for hydroxylation is 2. The number of carbonyl (C=O) groups is 2. The van der Waals surface area contributed by atoms with Gasteiger partial charge in [-0.1, -0.05) is 30.3 Å². The molecule has 1 saturated heterocycles. The number of benzene rings is 1. The zero-order chi connectivity index (χ0) is 17.6. The van der Waals surface area contributed by atoms with Gasteiger partial charge in [-0.05, 0) is 24.5 Å². The van der Waals surface area contributed by atoms with E-state index in [2.05, 4.69) is 22.5 Å². The Hall–Kier alpha value is -2.83. The molecule has 2 amide bonds. The number of likely N-dealkylation sites (tertiary alicyclic amines) is 1. The normalized spacial score (nSPS) is 16.8. The van der Waals surface area contributed by atoms with E-state index in [1.165, 1.54) is 5.56 Å². The van der Waals surface area contributed by atoms with Crippen molar-refractivity contribution in [2.45, 2.75) is 25.9 Å². The molecule has 1 atom stereocenters. The summed E-state index contributed by atoms with van der Waals surface area (Å²) in [6.45, 7) is 1.87. The summed E-state index contributed by atoms with van der Waals surface area (Å²) in [4.78, 5) is 24.7. The minimum atomic E-state index is -0.839. The summed E-state index contributed by atoms with van der Waals surface area (Å²) in [5.74, 6) is -1.29. The lowest BCUT2D eigenvalue weighted by atomic mass is 10.1. The van der Waals surface area contributed by atoms with E-state index in [0.29, 0.717) is 19.5 Å². The Bertz CT molecular complexity index is 729. The van der Waals surface area contributed by atoms with E-state index in [9.17, 15) is 9.59 Å². The van der Waals surface area contributed by atoms with E-state index in [0.717, 1.165) is 18.7 Å². The van der Waals surface area contributed by atoms with Crippen molar-refractivity contribution in [1.82, 2.24) is 20.0 Å². The van der Waals surface area contributed by atoms with Crippen molar-refractivity contribution in [3.05, 3.63) is 53.9 Å². The highest BCUT2D eigenvalue weighted by Gasteiger charge is 2.30. The van der Waals surface area contributed by atoms with Gasteiger partial charge in [0.05, 0.1) is 18.2 Å². The van der Waals surface area contributed by atoms with Crippen LogP contribution in [0.5, 0.6) is 0 Å². The molecule has 2 aromatic rings. The Labute approximate surface area is 146 Å². The highest BCUT2D eigenvalue weighted by Crippen LogP contribution is 2.16. The molecule has 2 N–H and O–H groups in total. The second kappa shape index (κ2) is 7.83. The number of nitrogens with one attached hydrogen (secondary N) is 1. The van der Waals surface area contributed by atoms with E-state index >= 15 is 0 Å². The highest BCUT2D eigenvalue weighted by molar-refractivity contribution is 5.77. The molecule has 25 heavy (non-hydrogen) atoms. The Kier molecular flexibility index (Phi) is 5.33. The Balaban J connectivity index is 1.50. The van der Waals surface area contributed by atoms with E-state index in [1.807, 2.05) is 28.9 Å². The summed E-state index contributed by atoms with van der Waals surface area (Å²) in [5.41, 5.74) is 2.17. The fraction of sp³-hybridized carbons (Fsp3) is 0.389. The first-order valence-corrected chi connectivity index (χ1v) is 8.43. The number of amides is 2. The molecular formula is C18H22N4O3. The van der Waals surface area contributed by atoms with Crippen LogP contribution in [-0.2, 0) is 24.3 Å². The molecule has 1 aliphatic rings. The molecule has 2 heterocycles. The van der Waals surface area contributed by atoms with Crippen molar-refractivity contribution in [2.24, 2.45) is 5.92 Å². The average Bonchev–Trinajstić information content (AvgIpc) is 3.28. The van der Waals surface area contributed by atoms with Crippen molar-refractivity contribution < 1.29 is 14.7 Å². The third-order valence-electron chi connectivity index (χ3n) is 4.51. The summed E-state index contributed by atoms with van der Waals surface area (Å²) in [6, 6.07) is 11.8. The number of carbonyl (C=O) groups excluding carboxylic acids is 1. The molecule has 0 bridgehead atoms. The molecule has 1 aromatic carbocycles. The molecule has 1 aromatic heterocycles. The number of aromatic nitrogens is 2. The minimum absolute atomic E-state index is 0.223. The zero-order valence-electron chi connectivity index (χ0n) is 14.0. The number of rotatable bonds is 6. The van der Waals surface area contributed by atoms with Crippen LogP contribution in [0.3, 0.4) is 0 Å². The maximum absolute atomic E-state index is 12.2. The number of aliphatic carboxylic acids is 1. The third-order valence-corrected chi connectivity index (χ3v) is 4.51. The molecular weight excluding hydrogens is 320 g/mol. The summed E-state index contributed by atoms with van der Waals surface area (Å²) in [7, 11) is 0. The van der Waals surface area contributed by atoms with Crippen molar-refractivity contribution in [2.75, 3.05) is 13.1 Å². The summed E-state index contributed by atoms with van der Waals surface area (Å²) < 4.78 is 1.89. The average molecular weight is 342 g/mol. The maximum Gasteiger partial charge on any atom is 0.317 e. The highest BCUT2D eigenvalue weighted by atomic mass is 16.4. The van der Waals surface area contributed by atoms with Gasteiger partial charge in [0.25, 0.3) is 0 Å². The molecule has 7 nitrogen and oxygen atoms in total. The van der Waals surface area contributed by atoms with Gasteiger partial charge in [0.2, 0.25) is 0 Å². The van der Waals surface area contributed by atoms with Crippen LogP contribution in [-0.4, -0.2) is 44.9 Å². The van der Waals surface area contributed by atoms with E-state index in [4.69, 9.17) is 5.11 Å². The topological polar surface area (TPSA) is 87.5 Å². The Morgan fingerprint density at radius 2 is 2.04 bits per heavy atom. The van der Waals surface area contributed by atoms with Crippen LogP contribution in [0, 0.1) is 5.92 Å². The van der Waals surface area contributed by atoms with Crippen LogP contribution in [0.15, 0.2) is 42.6 Å².